The van der Waals surface area contributed by atoms with E-state index < -0.39 is 0 Å². The fraction of sp³-hybridized carbons (Fsp3) is 0.571. The SMILES string of the molecule is Cc1cc(N2C(C)CN(C)CC2CO)ccc1Br. The van der Waals surface area contributed by atoms with Gasteiger partial charge in [-0.1, -0.05) is 15.9 Å². The maximum atomic E-state index is 9.60. The third-order valence-electron chi connectivity index (χ3n) is 3.62. The fourth-order valence-corrected chi connectivity index (χ4v) is 3.07. The molecule has 1 heterocycles. The summed E-state index contributed by atoms with van der Waals surface area (Å²) in [6, 6.07) is 7.00. The van der Waals surface area contributed by atoms with Crippen LogP contribution in [0.1, 0.15) is 12.5 Å². The van der Waals surface area contributed by atoms with Gasteiger partial charge in [0.1, 0.15) is 0 Å². The van der Waals surface area contributed by atoms with Crippen molar-refractivity contribution < 1.29 is 5.11 Å². The Labute approximate surface area is 118 Å². The number of aliphatic hydroxyl groups excluding tert-OH is 1. The van der Waals surface area contributed by atoms with Gasteiger partial charge in [0, 0.05) is 29.3 Å². The normalized spacial score (nSPS) is 25.5. The first-order valence-corrected chi connectivity index (χ1v) is 7.16. The first-order chi connectivity index (χ1) is 8.52. The Hall–Kier alpha value is -0.580. The van der Waals surface area contributed by atoms with Crippen molar-refractivity contribution in [2.24, 2.45) is 0 Å². The summed E-state index contributed by atoms with van der Waals surface area (Å²) < 4.78 is 1.13. The van der Waals surface area contributed by atoms with E-state index in [1.54, 1.807) is 0 Å². The summed E-state index contributed by atoms with van der Waals surface area (Å²) >= 11 is 3.53. The zero-order chi connectivity index (χ0) is 13.3. The Morgan fingerprint density at radius 1 is 1.39 bits per heavy atom. The van der Waals surface area contributed by atoms with Crippen molar-refractivity contribution in [3.05, 3.63) is 28.2 Å². The summed E-state index contributed by atoms with van der Waals surface area (Å²) in [5, 5.41) is 9.60. The van der Waals surface area contributed by atoms with Crippen molar-refractivity contribution in [1.82, 2.24) is 4.90 Å². The van der Waals surface area contributed by atoms with Crippen LogP contribution < -0.4 is 4.90 Å². The molecule has 1 aromatic rings. The minimum absolute atomic E-state index is 0.180. The van der Waals surface area contributed by atoms with E-state index >= 15 is 0 Å². The van der Waals surface area contributed by atoms with Gasteiger partial charge in [-0.15, -0.1) is 0 Å². The van der Waals surface area contributed by atoms with Crippen LogP contribution in [-0.2, 0) is 0 Å². The predicted molar refractivity (Wildman–Crippen MR) is 79.2 cm³/mol. The van der Waals surface area contributed by atoms with E-state index in [1.165, 1.54) is 11.3 Å². The van der Waals surface area contributed by atoms with Gasteiger partial charge < -0.3 is 14.9 Å². The third-order valence-corrected chi connectivity index (χ3v) is 4.51. The minimum Gasteiger partial charge on any atom is -0.394 e. The molecule has 1 aliphatic heterocycles. The summed E-state index contributed by atoms with van der Waals surface area (Å²) in [6.45, 7) is 6.46. The molecule has 1 aromatic carbocycles. The number of nitrogens with zero attached hydrogens (tertiary/aromatic N) is 2. The maximum absolute atomic E-state index is 9.60. The quantitative estimate of drug-likeness (QED) is 0.907. The molecule has 0 aromatic heterocycles. The fourth-order valence-electron chi connectivity index (χ4n) is 2.82. The molecule has 3 nitrogen and oxygen atoms in total. The van der Waals surface area contributed by atoms with Crippen LogP contribution in [0.3, 0.4) is 0 Å². The minimum atomic E-state index is 0.180. The molecule has 1 aliphatic rings. The number of likely N-dealkylation sites (N-methyl/N-ethyl adjacent to an activating group) is 1. The molecule has 18 heavy (non-hydrogen) atoms. The average Bonchev–Trinajstić information content (AvgIpc) is 2.32. The Bertz CT molecular complexity index is 424. The number of piperazine rings is 1. The van der Waals surface area contributed by atoms with Gasteiger partial charge in [-0.05, 0) is 44.7 Å². The number of aryl methyl sites for hydroxylation is 1. The molecule has 0 bridgehead atoms. The van der Waals surface area contributed by atoms with Crippen LogP contribution in [0.15, 0.2) is 22.7 Å². The van der Waals surface area contributed by atoms with E-state index in [1.807, 2.05) is 0 Å². The molecule has 1 fully saturated rings. The van der Waals surface area contributed by atoms with Crippen LogP contribution in [0.4, 0.5) is 5.69 Å². The first kappa shape index (κ1) is 13.8. The van der Waals surface area contributed by atoms with E-state index in [0.717, 1.165) is 17.6 Å². The summed E-state index contributed by atoms with van der Waals surface area (Å²) in [5.41, 5.74) is 2.44. The highest BCUT2D eigenvalue weighted by molar-refractivity contribution is 9.10. The zero-order valence-electron chi connectivity index (χ0n) is 11.2. The van der Waals surface area contributed by atoms with Crippen molar-refractivity contribution >= 4 is 21.6 Å². The van der Waals surface area contributed by atoms with Crippen LogP contribution >= 0.6 is 15.9 Å². The maximum Gasteiger partial charge on any atom is 0.0651 e. The Kier molecular flexibility index (Phi) is 4.30. The van der Waals surface area contributed by atoms with Crippen LogP contribution in [0.2, 0.25) is 0 Å². The van der Waals surface area contributed by atoms with Gasteiger partial charge in [0.2, 0.25) is 0 Å². The number of rotatable bonds is 2. The summed E-state index contributed by atoms with van der Waals surface area (Å²) in [6.07, 6.45) is 0. The largest absolute Gasteiger partial charge is 0.394 e. The molecule has 0 spiro atoms. The van der Waals surface area contributed by atoms with Gasteiger partial charge in [-0.3, -0.25) is 0 Å². The molecule has 2 unspecified atom stereocenters. The lowest BCUT2D eigenvalue weighted by molar-refractivity contribution is 0.171. The van der Waals surface area contributed by atoms with Crippen molar-refractivity contribution in [2.45, 2.75) is 25.9 Å². The Morgan fingerprint density at radius 2 is 2.11 bits per heavy atom. The molecule has 0 saturated carbocycles. The number of benzene rings is 1. The van der Waals surface area contributed by atoms with Crippen molar-refractivity contribution in [1.29, 1.82) is 0 Å². The second-order valence-electron chi connectivity index (χ2n) is 5.25. The Morgan fingerprint density at radius 3 is 2.72 bits per heavy atom. The number of anilines is 1. The van der Waals surface area contributed by atoms with E-state index in [4.69, 9.17) is 0 Å². The van der Waals surface area contributed by atoms with E-state index in [2.05, 4.69) is 64.8 Å². The summed E-state index contributed by atoms with van der Waals surface area (Å²) in [5.74, 6) is 0. The van der Waals surface area contributed by atoms with Gasteiger partial charge in [-0.25, -0.2) is 0 Å². The standard InChI is InChI=1S/C14H21BrN2O/c1-10-6-12(4-5-14(10)15)17-11(2)7-16(3)8-13(17)9-18/h4-6,11,13,18H,7-9H2,1-3H3. The third kappa shape index (κ3) is 2.71. The van der Waals surface area contributed by atoms with Crippen LogP contribution in [0, 0.1) is 6.92 Å². The molecule has 0 amide bonds. The molecule has 0 aliphatic carbocycles. The van der Waals surface area contributed by atoms with Crippen molar-refractivity contribution in [3.8, 4) is 0 Å². The highest BCUT2D eigenvalue weighted by Gasteiger charge is 2.30. The number of hydrogen-bond donors (Lipinski definition) is 1. The second kappa shape index (κ2) is 5.59. The molecule has 4 heteroatoms. The van der Waals surface area contributed by atoms with Crippen LogP contribution in [0.5, 0.6) is 0 Å². The van der Waals surface area contributed by atoms with E-state index in [-0.39, 0.29) is 12.6 Å². The molecule has 1 N–H and O–H groups in total. The smallest absolute Gasteiger partial charge is 0.0651 e. The highest BCUT2D eigenvalue weighted by atomic mass is 79.9. The number of hydrogen-bond acceptors (Lipinski definition) is 3. The molecule has 1 saturated heterocycles. The van der Waals surface area contributed by atoms with Gasteiger partial charge in [0.05, 0.1) is 12.6 Å². The van der Waals surface area contributed by atoms with E-state index in [9.17, 15) is 5.11 Å². The predicted octanol–water partition coefficient (Wildman–Crippen LogP) is 2.26. The van der Waals surface area contributed by atoms with Crippen LogP contribution in [-0.4, -0.2) is 48.8 Å². The van der Waals surface area contributed by atoms with E-state index in [0.29, 0.717) is 6.04 Å². The highest BCUT2D eigenvalue weighted by Crippen LogP contribution is 2.28. The van der Waals surface area contributed by atoms with Crippen molar-refractivity contribution in [2.75, 3.05) is 31.6 Å². The number of aliphatic hydroxyl groups is 1. The lowest BCUT2D eigenvalue weighted by Gasteiger charge is -2.45. The van der Waals surface area contributed by atoms with Gasteiger partial charge >= 0.3 is 0 Å². The lowest BCUT2D eigenvalue weighted by Crippen LogP contribution is -2.58. The molecular weight excluding hydrogens is 292 g/mol. The molecule has 100 valence electrons. The van der Waals surface area contributed by atoms with Gasteiger partial charge in [-0.2, -0.15) is 0 Å². The van der Waals surface area contributed by atoms with Gasteiger partial charge in [0.25, 0.3) is 0 Å². The monoisotopic (exact) mass is 312 g/mol. The second-order valence-corrected chi connectivity index (χ2v) is 6.10. The molecule has 0 radical (unpaired) electrons. The van der Waals surface area contributed by atoms with Gasteiger partial charge in [0.15, 0.2) is 0 Å². The molecular formula is C14H21BrN2O. The van der Waals surface area contributed by atoms with Crippen LogP contribution in [0.25, 0.3) is 0 Å². The summed E-state index contributed by atoms with van der Waals surface area (Å²) in [4.78, 5) is 4.63. The number of halogens is 1. The van der Waals surface area contributed by atoms with Crippen molar-refractivity contribution in [3.63, 3.8) is 0 Å². The summed E-state index contributed by atoms with van der Waals surface area (Å²) in [7, 11) is 2.11. The molecule has 2 rings (SSSR count). The lowest BCUT2D eigenvalue weighted by atomic mass is 10.1. The Balaban J connectivity index is 2.31. The first-order valence-electron chi connectivity index (χ1n) is 6.37. The molecule has 2 atom stereocenters. The topological polar surface area (TPSA) is 26.7 Å². The average molecular weight is 313 g/mol. The zero-order valence-corrected chi connectivity index (χ0v) is 12.8.